The van der Waals surface area contributed by atoms with Gasteiger partial charge in [-0.25, -0.2) is 8.78 Å². The summed E-state index contributed by atoms with van der Waals surface area (Å²) in [6, 6.07) is 5.00. The normalized spacial score (nSPS) is 14.2. The number of aromatic amines is 1. The number of benzene rings is 1. The van der Waals surface area contributed by atoms with Gasteiger partial charge in [0.1, 0.15) is 12.4 Å². The molecular weight excluding hydrogens is 302 g/mol. The monoisotopic (exact) mass is 324 g/mol. The van der Waals surface area contributed by atoms with Crippen LogP contribution in [0.15, 0.2) is 18.2 Å². The molecule has 1 heterocycles. The van der Waals surface area contributed by atoms with Crippen LogP contribution in [0.5, 0.6) is 5.75 Å². The number of nitrogens with two attached hydrogens (primary N) is 1. The summed E-state index contributed by atoms with van der Waals surface area (Å²) < 4.78 is 29.9. The molecule has 2 unspecified atom stereocenters. The van der Waals surface area contributed by atoms with Crippen LogP contribution < -0.4 is 10.5 Å². The van der Waals surface area contributed by atoms with Crippen LogP contribution in [0.4, 0.5) is 8.78 Å². The van der Waals surface area contributed by atoms with E-state index in [0.717, 1.165) is 16.5 Å². The lowest BCUT2D eigenvalue weighted by Crippen LogP contribution is -2.30. The zero-order valence-corrected chi connectivity index (χ0v) is 13.5. The number of aryl methyl sites for hydroxylation is 1. The van der Waals surface area contributed by atoms with Crippen LogP contribution in [-0.4, -0.2) is 29.8 Å². The van der Waals surface area contributed by atoms with E-state index in [4.69, 9.17) is 10.5 Å². The first-order valence-corrected chi connectivity index (χ1v) is 7.69. The first kappa shape index (κ1) is 17.4. The van der Waals surface area contributed by atoms with Gasteiger partial charge in [0, 0.05) is 22.9 Å². The quantitative estimate of drug-likeness (QED) is 0.766. The van der Waals surface area contributed by atoms with Gasteiger partial charge < -0.3 is 15.5 Å². The summed E-state index contributed by atoms with van der Waals surface area (Å²) in [4.78, 5) is 15.5. The van der Waals surface area contributed by atoms with E-state index in [2.05, 4.69) is 4.98 Å². The first-order chi connectivity index (χ1) is 10.8. The number of fused-ring (bicyclic) bond motifs is 1. The maximum Gasteiger partial charge on any atom is 0.272 e. The number of H-pyrrole nitrogens is 1. The van der Waals surface area contributed by atoms with Crippen molar-refractivity contribution in [3.05, 3.63) is 29.5 Å². The molecule has 0 radical (unpaired) electrons. The molecule has 126 valence electrons. The van der Waals surface area contributed by atoms with E-state index in [1.165, 1.54) is 0 Å². The number of rotatable bonds is 7. The van der Waals surface area contributed by atoms with E-state index in [1.807, 2.05) is 13.0 Å². The Kier molecular flexibility index (Phi) is 5.36. The summed E-state index contributed by atoms with van der Waals surface area (Å²) in [5.41, 5.74) is 7.85. The van der Waals surface area contributed by atoms with Crippen LogP contribution in [0.3, 0.4) is 0 Å². The Morgan fingerprint density at radius 3 is 2.57 bits per heavy atom. The number of hydrogen-bond acceptors (Lipinski definition) is 3. The lowest BCUT2D eigenvalue weighted by Gasteiger charge is -2.12. The number of Topliss-reactive ketones (excluding diaryl/α,β-unsaturated/α-hetero) is 1. The molecule has 0 saturated carbocycles. The standard InChI is InChI=1S/C17H22F2N2O2/c1-4-11-5-13-12(7-15(11)23-8-16(18)19)6-14(21-13)17(22)9(2)10(3)20/h5-7,9-10,16,21H,4,8,20H2,1-3H3. The molecule has 0 amide bonds. The summed E-state index contributed by atoms with van der Waals surface area (Å²) >= 11 is 0. The molecule has 0 bridgehead atoms. The molecule has 2 atom stereocenters. The molecule has 3 N–H and O–H groups in total. The molecule has 0 aliphatic carbocycles. The Balaban J connectivity index is 2.37. The van der Waals surface area contributed by atoms with Crippen molar-refractivity contribution in [2.75, 3.05) is 6.61 Å². The third-order valence-electron chi connectivity index (χ3n) is 4.02. The molecule has 0 spiro atoms. The summed E-state index contributed by atoms with van der Waals surface area (Å²) in [5.74, 6) is 0.0612. The SMILES string of the molecule is CCc1cc2[nH]c(C(=O)C(C)C(C)N)cc2cc1OCC(F)F. The van der Waals surface area contributed by atoms with E-state index in [-0.39, 0.29) is 17.7 Å². The highest BCUT2D eigenvalue weighted by atomic mass is 19.3. The third kappa shape index (κ3) is 3.88. The predicted molar refractivity (Wildman–Crippen MR) is 86.3 cm³/mol. The molecule has 0 aliphatic rings. The molecule has 23 heavy (non-hydrogen) atoms. The molecular formula is C17H22F2N2O2. The van der Waals surface area contributed by atoms with Crippen molar-refractivity contribution in [2.45, 2.75) is 39.7 Å². The fourth-order valence-corrected chi connectivity index (χ4v) is 2.38. The molecule has 0 aliphatic heterocycles. The van der Waals surface area contributed by atoms with Gasteiger partial charge in [-0.15, -0.1) is 0 Å². The maximum atomic E-state index is 12.4. The fraction of sp³-hybridized carbons (Fsp3) is 0.471. The Morgan fingerprint density at radius 1 is 1.30 bits per heavy atom. The second-order valence-corrected chi connectivity index (χ2v) is 5.80. The Morgan fingerprint density at radius 2 is 2.00 bits per heavy atom. The van der Waals surface area contributed by atoms with Gasteiger partial charge in [-0.2, -0.15) is 0 Å². The van der Waals surface area contributed by atoms with Crippen molar-refractivity contribution in [1.29, 1.82) is 0 Å². The molecule has 2 rings (SSSR count). The van der Waals surface area contributed by atoms with Gasteiger partial charge in [0.15, 0.2) is 5.78 Å². The van der Waals surface area contributed by atoms with Gasteiger partial charge in [-0.05, 0) is 37.1 Å². The predicted octanol–water partition coefficient (Wildman–Crippen LogP) is 3.54. The number of alkyl halides is 2. The number of halogens is 2. The van der Waals surface area contributed by atoms with Crippen molar-refractivity contribution in [3.8, 4) is 5.75 Å². The molecule has 0 fully saturated rings. The van der Waals surface area contributed by atoms with Crippen LogP contribution in [0.2, 0.25) is 0 Å². The molecule has 6 heteroatoms. The van der Waals surface area contributed by atoms with Crippen LogP contribution >= 0.6 is 0 Å². The number of carbonyl (C=O) groups excluding carboxylic acids is 1. The smallest absolute Gasteiger partial charge is 0.272 e. The van der Waals surface area contributed by atoms with Crippen LogP contribution in [0, 0.1) is 5.92 Å². The van der Waals surface area contributed by atoms with Gasteiger partial charge in [-0.3, -0.25) is 4.79 Å². The largest absolute Gasteiger partial charge is 0.487 e. The lowest BCUT2D eigenvalue weighted by molar-refractivity contribution is 0.0815. The average molecular weight is 324 g/mol. The number of aromatic nitrogens is 1. The number of hydrogen-bond donors (Lipinski definition) is 2. The number of ether oxygens (including phenoxy) is 1. The fourth-order valence-electron chi connectivity index (χ4n) is 2.38. The zero-order valence-electron chi connectivity index (χ0n) is 13.5. The highest BCUT2D eigenvalue weighted by Crippen LogP contribution is 2.28. The average Bonchev–Trinajstić information content (AvgIpc) is 2.92. The van der Waals surface area contributed by atoms with Gasteiger partial charge in [-0.1, -0.05) is 13.8 Å². The Hall–Kier alpha value is -1.95. The summed E-state index contributed by atoms with van der Waals surface area (Å²) in [5, 5.41) is 0.756. The second kappa shape index (κ2) is 7.08. The minimum absolute atomic E-state index is 0.0655. The van der Waals surface area contributed by atoms with E-state index >= 15 is 0 Å². The molecule has 4 nitrogen and oxygen atoms in total. The summed E-state index contributed by atoms with van der Waals surface area (Å²) in [6.45, 7) is 4.85. The van der Waals surface area contributed by atoms with E-state index in [1.54, 1.807) is 26.0 Å². The third-order valence-corrected chi connectivity index (χ3v) is 4.02. The zero-order chi connectivity index (χ0) is 17.1. The van der Waals surface area contributed by atoms with Crippen molar-refractivity contribution >= 4 is 16.7 Å². The second-order valence-electron chi connectivity index (χ2n) is 5.80. The van der Waals surface area contributed by atoms with Gasteiger partial charge >= 0.3 is 0 Å². The van der Waals surface area contributed by atoms with Crippen molar-refractivity contribution in [1.82, 2.24) is 4.98 Å². The van der Waals surface area contributed by atoms with Crippen molar-refractivity contribution in [2.24, 2.45) is 11.7 Å². The summed E-state index contributed by atoms with van der Waals surface area (Å²) in [7, 11) is 0. The summed E-state index contributed by atoms with van der Waals surface area (Å²) in [6.07, 6.45) is -1.88. The Labute approximate surface area is 134 Å². The lowest BCUT2D eigenvalue weighted by atomic mass is 9.97. The number of nitrogens with one attached hydrogen (secondary N) is 1. The number of ketones is 1. The molecule has 2 aromatic rings. The van der Waals surface area contributed by atoms with E-state index < -0.39 is 13.0 Å². The van der Waals surface area contributed by atoms with Gasteiger partial charge in [0.2, 0.25) is 0 Å². The van der Waals surface area contributed by atoms with Crippen molar-refractivity contribution in [3.63, 3.8) is 0 Å². The van der Waals surface area contributed by atoms with Crippen LogP contribution in [0.1, 0.15) is 36.8 Å². The minimum Gasteiger partial charge on any atom is -0.487 e. The molecule has 1 aromatic carbocycles. The van der Waals surface area contributed by atoms with Gasteiger partial charge in [0.25, 0.3) is 6.43 Å². The van der Waals surface area contributed by atoms with Crippen LogP contribution in [-0.2, 0) is 6.42 Å². The van der Waals surface area contributed by atoms with E-state index in [0.29, 0.717) is 17.9 Å². The highest BCUT2D eigenvalue weighted by Gasteiger charge is 2.21. The first-order valence-electron chi connectivity index (χ1n) is 7.69. The van der Waals surface area contributed by atoms with Gasteiger partial charge in [0.05, 0.1) is 5.69 Å². The maximum absolute atomic E-state index is 12.4. The topological polar surface area (TPSA) is 68.1 Å². The van der Waals surface area contributed by atoms with E-state index in [9.17, 15) is 13.6 Å². The minimum atomic E-state index is -2.52. The highest BCUT2D eigenvalue weighted by molar-refractivity contribution is 6.01. The number of carbonyl (C=O) groups is 1. The van der Waals surface area contributed by atoms with Crippen molar-refractivity contribution < 1.29 is 18.3 Å². The Bertz CT molecular complexity index is 695. The van der Waals surface area contributed by atoms with Crippen LogP contribution in [0.25, 0.3) is 10.9 Å². The molecule has 1 aromatic heterocycles. The molecule has 0 saturated heterocycles.